The minimum Gasteiger partial charge on any atom is -0.481 e. The van der Waals surface area contributed by atoms with E-state index in [2.05, 4.69) is 48.8 Å². The summed E-state index contributed by atoms with van der Waals surface area (Å²) in [6, 6.07) is 12.8. The summed E-state index contributed by atoms with van der Waals surface area (Å²) < 4.78 is 6.77. The fraction of sp³-hybridized carbons (Fsp3) is 0.0556. The van der Waals surface area contributed by atoms with E-state index in [0.29, 0.717) is 20.3 Å². The first-order chi connectivity index (χ1) is 12.9. The van der Waals surface area contributed by atoms with E-state index < -0.39 is 12.6 Å². The fourth-order valence-electron chi connectivity index (χ4n) is 2.15. The summed E-state index contributed by atoms with van der Waals surface area (Å²) >= 11 is 6.81. The van der Waals surface area contributed by atoms with Crippen molar-refractivity contribution >= 4 is 79.1 Å². The fourth-order valence-corrected chi connectivity index (χ4v) is 4.00. The highest BCUT2D eigenvalue weighted by Crippen LogP contribution is 2.31. The lowest BCUT2D eigenvalue weighted by atomic mass is 10.2. The smallest absolute Gasteiger partial charge is 0.341 e. The van der Waals surface area contributed by atoms with Crippen molar-refractivity contribution in [2.75, 3.05) is 6.61 Å². The molecule has 0 unspecified atom stereocenters. The van der Waals surface area contributed by atoms with Gasteiger partial charge in [0.25, 0.3) is 5.91 Å². The summed E-state index contributed by atoms with van der Waals surface area (Å²) in [5.74, 6) is -0.844. The predicted molar refractivity (Wildman–Crippen MR) is 117 cm³/mol. The number of aliphatic imine (C=N–C) groups is 1. The monoisotopic (exact) mass is 558 g/mol. The first-order valence-corrected chi connectivity index (χ1v) is 10.3. The number of carbonyl (C=O) groups excluding carboxylic acids is 1. The number of hydrogen-bond donors (Lipinski definition) is 2. The second-order valence-corrected chi connectivity index (χ2v) is 8.35. The number of ether oxygens (including phenoxy) is 1. The Morgan fingerprint density at radius 1 is 1.33 bits per heavy atom. The number of nitrogens with zero attached hydrogens (tertiary/aromatic N) is 1. The molecule has 1 aliphatic heterocycles. The first kappa shape index (κ1) is 19.9. The van der Waals surface area contributed by atoms with Crippen molar-refractivity contribution in [2.24, 2.45) is 4.99 Å². The van der Waals surface area contributed by atoms with Gasteiger partial charge in [-0.3, -0.25) is 4.79 Å². The van der Waals surface area contributed by atoms with Crippen LogP contribution in [-0.4, -0.2) is 28.8 Å². The molecule has 0 radical (unpaired) electrons. The summed E-state index contributed by atoms with van der Waals surface area (Å²) in [7, 11) is 0. The van der Waals surface area contributed by atoms with Crippen molar-refractivity contribution in [2.45, 2.75) is 0 Å². The van der Waals surface area contributed by atoms with E-state index in [1.807, 2.05) is 24.3 Å². The van der Waals surface area contributed by atoms with Crippen LogP contribution >= 0.6 is 50.3 Å². The molecule has 2 aromatic rings. The number of nitrogens with one attached hydrogen (secondary N) is 1. The Bertz CT molecular complexity index is 978. The SMILES string of the molecule is O=C(O)COc1ccc(/C=C2/SC(=Nc3ccccc3I)NC2=O)cc1Br. The average molecular weight is 559 g/mol. The molecule has 2 N–H and O–H groups in total. The number of para-hydroxylation sites is 1. The highest BCUT2D eigenvalue weighted by Gasteiger charge is 2.24. The van der Waals surface area contributed by atoms with Crippen LogP contribution < -0.4 is 10.1 Å². The van der Waals surface area contributed by atoms with E-state index in [4.69, 9.17) is 9.84 Å². The molecule has 3 rings (SSSR count). The zero-order valence-electron chi connectivity index (χ0n) is 13.6. The van der Waals surface area contributed by atoms with Crippen LogP contribution in [0.5, 0.6) is 5.75 Å². The molecule has 0 aliphatic carbocycles. The zero-order chi connectivity index (χ0) is 19.4. The van der Waals surface area contributed by atoms with Crippen molar-refractivity contribution in [3.63, 3.8) is 0 Å². The minimum atomic E-state index is -1.05. The molecule has 0 atom stereocenters. The Kier molecular flexibility index (Phi) is 6.55. The van der Waals surface area contributed by atoms with E-state index >= 15 is 0 Å². The number of aliphatic carboxylic acids is 1. The summed E-state index contributed by atoms with van der Waals surface area (Å²) in [6.07, 6.45) is 1.74. The number of halogens is 2. The van der Waals surface area contributed by atoms with Gasteiger partial charge in [0.1, 0.15) is 5.75 Å². The lowest BCUT2D eigenvalue weighted by Crippen LogP contribution is -2.19. The van der Waals surface area contributed by atoms with Crippen LogP contribution in [0.1, 0.15) is 5.56 Å². The van der Waals surface area contributed by atoms with E-state index in [9.17, 15) is 9.59 Å². The molecule has 138 valence electrons. The van der Waals surface area contributed by atoms with Crippen LogP contribution in [0, 0.1) is 3.57 Å². The summed E-state index contributed by atoms with van der Waals surface area (Å²) in [5, 5.41) is 12.0. The molecule has 1 aliphatic rings. The van der Waals surface area contributed by atoms with Gasteiger partial charge in [-0.25, -0.2) is 9.79 Å². The minimum absolute atomic E-state index is 0.216. The van der Waals surface area contributed by atoms with Crippen molar-refractivity contribution < 1.29 is 19.4 Å². The number of carboxylic acids is 1. The number of rotatable bonds is 5. The maximum Gasteiger partial charge on any atom is 0.341 e. The molecular weight excluding hydrogens is 547 g/mol. The number of carbonyl (C=O) groups is 2. The lowest BCUT2D eigenvalue weighted by molar-refractivity contribution is -0.139. The molecule has 1 saturated heterocycles. The van der Waals surface area contributed by atoms with Crippen LogP contribution in [-0.2, 0) is 9.59 Å². The highest BCUT2D eigenvalue weighted by molar-refractivity contribution is 14.1. The topological polar surface area (TPSA) is 88.0 Å². The summed E-state index contributed by atoms with van der Waals surface area (Å²) in [6.45, 7) is -0.421. The largest absolute Gasteiger partial charge is 0.481 e. The third-order valence-electron chi connectivity index (χ3n) is 3.33. The van der Waals surface area contributed by atoms with Gasteiger partial charge in [0.15, 0.2) is 11.8 Å². The molecule has 0 spiro atoms. The van der Waals surface area contributed by atoms with E-state index in [0.717, 1.165) is 14.8 Å². The number of benzene rings is 2. The molecule has 2 aromatic carbocycles. The molecule has 27 heavy (non-hydrogen) atoms. The number of amidine groups is 1. The first-order valence-electron chi connectivity index (χ1n) is 7.60. The molecule has 1 amide bonds. The van der Waals surface area contributed by atoms with Gasteiger partial charge in [0.05, 0.1) is 15.1 Å². The molecule has 1 heterocycles. The van der Waals surface area contributed by atoms with Gasteiger partial charge in [-0.15, -0.1) is 0 Å². The zero-order valence-corrected chi connectivity index (χ0v) is 18.2. The predicted octanol–water partition coefficient (Wildman–Crippen LogP) is 4.41. The second kappa shape index (κ2) is 8.89. The van der Waals surface area contributed by atoms with Crippen molar-refractivity contribution in [3.05, 3.63) is 61.0 Å². The molecule has 6 nitrogen and oxygen atoms in total. The Morgan fingerprint density at radius 3 is 2.81 bits per heavy atom. The third-order valence-corrected chi connectivity index (χ3v) is 5.77. The van der Waals surface area contributed by atoms with Crippen LogP contribution in [0.15, 0.2) is 56.8 Å². The van der Waals surface area contributed by atoms with Crippen molar-refractivity contribution in [3.8, 4) is 5.75 Å². The van der Waals surface area contributed by atoms with Crippen LogP contribution in [0.2, 0.25) is 0 Å². The molecular formula is C18H12BrIN2O4S. The molecule has 0 bridgehead atoms. The van der Waals surface area contributed by atoms with Gasteiger partial charge in [-0.05, 0) is 86.2 Å². The van der Waals surface area contributed by atoms with Crippen molar-refractivity contribution in [1.82, 2.24) is 5.32 Å². The maximum absolute atomic E-state index is 12.2. The van der Waals surface area contributed by atoms with Crippen LogP contribution in [0.3, 0.4) is 0 Å². The van der Waals surface area contributed by atoms with Crippen molar-refractivity contribution in [1.29, 1.82) is 0 Å². The Labute approximate surface area is 181 Å². The van der Waals surface area contributed by atoms with E-state index in [1.54, 1.807) is 24.3 Å². The lowest BCUT2D eigenvalue weighted by Gasteiger charge is -2.06. The van der Waals surface area contributed by atoms with E-state index in [1.165, 1.54) is 11.8 Å². The quantitative estimate of drug-likeness (QED) is 0.419. The van der Waals surface area contributed by atoms with Gasteiger partial charge in [-0.2, -0.15) is 0 Å². The third kappa shape index (κ3) is 5.33. The number of hydrogen-bond acceptors (Lipinski definition) is 5. The standard InChI is InChI=1S/C18H12BrIN2O4S/c19-11-7-10(5-6-14(11)26-9-16(23)24)8-15-17(25)22-18(27-15)21-13-4-2-1-3-12(13)20/h1-8H,9H2,(H,23,24)(H,21,22,25)/b15-8+. The molecule has 0 aromatic heterocycles. The normalized spacial score (nSPS) is 16.6. The number of amides is 1. The number of thioether (sulfide) groups is 1. The molecule has 0 saturated carbocycles. The Morgan fingerprint density at radius 2 is 2.11 bits per heavy atom. The second-order valence-electron chi connectivity index (χ2n) is 5.31. The molecule has 1 fully saturated rings. The van der Waals surface area contributed by atoms with Crippen LogP contribution in [0.25, 0.3) is 6.08 Å². The summed E-state index contributed by atoms with van der Waals surface area (Å²) in [5.41, 5.74) is 1.57. The van der Waals surface area contributed by atoms with E-state index in [-0.39, 0.29) is 5.91 Å². The van der Waals surface area contributed by atoms with Gasteiger partial charge < -0.3 is 15.2 Å². The number of carboxylic acid groups (broad SMARTS) is 1. The van der Waals surface area contributed by atoms with Gasteiger partial charge in [-0.1, -0.05) is 18.2 Å². The Hall–Kier alpha value is -1.85. The van der Waals surface area contributed by atoms with Crippen LogP contribution in [0.4, 0.5) is 5.69 Å². The highest BCUT2D eigenvalue weighted by atomic mass is 127. The maximum atomic E-state index is 12.2. The molecule has 9 heteroatoms. The summed E-state index contributed by atoms with van der Waals surface area (Å²) in [4.78, 5) is 27.8. The van der Waals surface area contributed by atoms with Gasteiger partial charge >= 0.3 is 5.97 Å². The Balaban J connectivity index is 1.77. The average Bonchev–Trinajstić information content (AvgIpc) is 2.95. The van der Waals surface area contributed by atoms with Gasteiger partial charge in [0.2, 0.25) is 0 Å². The van der Waals surface area contributed by atoms with Gasteiger partial charge in [0, 0.05) is 3.57 Å².